The zero-order valence-electron chi connectivity index (χ0n) is 20.9. The number of carbonyl (C=O) groups is 1. The highest BCUT2D eigenvalue weighted by atomic mass is 16.5. The summed E-state index contributed by atoms with van der Waals surface area (Å²) in [7, 11) is 3.14. The van der Waals surface area contributed by atoms with E-state index >= 15 is 0 Å². The molecule has 4 rings (SSSR count). The molecule has 0 radical (unpaired) electrons. The van der Waals surface area contributed by atoms with Crippen LogP contribution in [0, 0.1) is 0 Å². The van der Waals surface area contributed by atoms with E-state index in [2.05, 4.69) is 9.88 Å². The highest BCUT2D eigenvalue weighted by molar-refractivity contribution is 5.95. The lowest BCUT2D eigenvalue weighted by Gasteiger charge is -2.26. The molecule has 0 aliphatic carbocycles. The highest BCUT2D eigenvalue weighted by Crippen LogP contribution is 2.25. The first kappa shape index (κ1) is 25.5. The van der Waals surface area contributed by atoms with Gasteiger partial charge < -0.3 is 23.8 Å². The van der Waals surface area contributed by atoms with Gasteiger partial charge in [-0.15, -0.1) is 0 Å². The minimum atomic E-state index is -0.142. The van der Waals surface area contributed by atoms with Crippen molar-refractivity contribution in [1.82, 2.24) is 14.8 Å². The number of pyridine rings is 1. The molecular weight excluding hydrogens is 458 g/mol. The number of hydrogen-bond donors (Lipinski definition) is 0. The summed E-state index contributed by atoms with van der Waals surface area (Å²) in [6, 6.07) is 18.8. The van der Waals surface area contributed by atoms with Crippen LogP contribution in [0.3, 0.4) is 0 Å². The lowest BCUT2D eigenvalue weighted by atomic mass is 10.1. The Kier molecular flexibility index (Phi) is 9.13. The Morgan fingerprint density at radius 2 is 1.72 bits per heavy atom. The number of morpholine rings is 1. The van der Waals surface area contributed by atoms with Crippen molar-refractivity contribution in [2.45, 2.75) is 13.1 Å². The van der Waals surface area contributed by atoms with Crippen LogP contribution < -0.4 is 14.2 Å². The van der Waals surface area contributed by atoms with Crippen LogP contribution in [-0.2, 0) is 17.8 Å². The summed E-state index contributed by atoms with van der Waals surface area (Å²) in [6.45, 7) is 5.63. The first-order chi connectivity index (χ1) is 17.6. The summed E-state index contributed by atoms with van der Waals surface area (Å²) in [6.07, 6.45) is 1.73. The van der Waals surface area contributed by atoms with Gasteiger partial charge in [0.05, 0.1) is 39.7 Å². The van der Waals surface area contributed by atoms with Gasteiger partial charge in [0, 0.05) is 44.0 Å². The molecule has 1 fully saturated rings. The van der Waals surface area contributed by atoms with E-state index in [9.17, 15) is 4.79 Å². The fourth-order valence-corrected chi connectivity index (χ4v) is 4.07. The minimum Gasteiger partial charge on any atom is -0.497 e. The summed E-state index contributed by atoms with van der Waals surface area (Å²) in [5.41, 5.74) is 2.26. The van der Waals surface area contributed by atoms with Gasteiger partial charge in [0.1, 0.15) is 23.9 Å². The van der Waals surface area contributed by atoms with E-state index in [1.165, 1.54) is 0 Å². The van der Waals surface area contributed by atoms with E-state index in [1.807, 2.05) is 42.5 Å². The molecule has 36 heavy (non-hydrogen) atoms. The van der Waals surface area contributed by atoms with Crippen molar-refractivity contribution in [3.63, 3.8) is 0 Å². The number of hydrogen-bond acceptors (Lipinski definition) is 7. The molecule has 1 aliphatic heterocycles. The molecule has 1 aliphatic rings. The third kappa shape index (κ3) is 7.19. The van der Waals surface area contributed by atoms with Crippen LogP contribution in [0.2, 0.25) is 0 Å². The molecule has 8 heteroatoms. The molecule has 1 aromatic heterocycles. The standard InChI is InChI=1S/C28H33N3O5/c1-33-26-17-23(18-27(19-26)34-2)28(32)31(21-24-7-3-4-9-29-24)20-22-6-5-8-25(16-22)36-15-12-30-10-13-35-14-11-30/h3-9,16-19H,10-15,20-21H2,1-2H3. The van der Waals surface area contributed by atoms with Gasteiger partial charge in [-0.25, -0.2) is 0 Å². The monoisotopic (exact) mass is 491 g/mol. The average molecular weight is 492 g/mol. The Balaban J connectivity index is 1.49. The van der Waals surface area contributed by atoms with E-state index in [0.717, 1.165) is 49.9 Å². The zero-order chi connectivity index (χ0) is 25.2. The fourth-order valence-electron chi connectivity index (χ4n) is 4.07. The topological polar surface area (TPSA) is 73.4 Å². The molecule has 0 unspecified atom stereocenters. The van der Waals surface area contributed by atoms with E-state index in [4.69, 9.17) is 18.9 Å². The third-order valence-corrected chi connectivity index (χ3v) is 6.02. The highest BCUT2D eigenvalue weighted by Gasteiger charge is 2.20. The molecule has 2 heterocycles. The molecule has 0 N–H and O–H groups in total. The Hall–Kier alpha value is -3.62. The van der Waals surface area contributed by atoms with Crippen molar-refractivity contribution >= 4 is 5.91 Å². The van der Waals surface area contributed by atoms with Crippen LogP contribution in [0.5, 0.6) is 17.2 Å². The van der Waals surface area contributed by atoms with Gasteiger partial charge in [-0.1, -0.05) is 18.2 Å². The average Bonchev–Trinajstić information content (AvgIpc) is 2.93. The lowest BCUT2D eigenvalue weighted by Crippen LogP contribution is -2.38. The van der Waals surface area contributed by atoms with Gasteiger partial charge in [0.2, 0.25) is 0 Å². The lowest BCUT2D eigenvalue weighted by molar-refractivity contribution is 0.0322. The van der Waals surface area contributed by atoms with Crippen molar-refractivity contribution in [2.75, 3.05) is 53.7 Å². The van der Waals surface area contributed by atoms with Crippen molar-refractivity contribution < 1.29 is 23.7 Å². The quantitative estimate of drug-likeness (QED) is 0.405. The second-order valence-corrected chi connectivity index (χ2v) is 8.53. The SMILES string of the molecule is COc1cc(OC)cc(C(=O)N(Cc2cccc(OCCN3CCOCC3)c2)Cc2ccccn2)c1. The summed E-state index contributed by atoms with van der Waals surface area (Å²) < 4.78 is 22.2. The van der Waals surface area contributed by atoms with E-state index in [1.54, 1.807) is 43.5 Å². The normalized spacial score (nSPS) is 13.7. The Morgan fingerprint density at radius 1 is 0.944 bits per heavy atom. The molecule has 190 valence electrons. The molecule has 1 amide bonds. The van der Waals surface area contributed by atoms with Crippen molar-refractivity contribution in [2.24, 2.45) is 0 Å². The van der Waals surface area contributed by atoms with Gasteiger partial charge in [-0.2, -0.15) is 0 Å². The van der Waals surface area contributed by atoms with Crippen LogP contribution >= 0.6 is 0 Å². The molecule has 0 saturated carbocycles. The molecule has 8 nitrogen and oxygen atoms in total. The van der Waals surface area contributed by atoms with E-state index in [-0.39, 0.29) is 5.91 Å². The van der Waals surface area contributed by atoms with Crippen molar-refractivity contribution in [3.8, 4) is 17.2 Å². The zero-order valence-corrected chi connectivity index (χ0v) is 20.9. The van der Waals surface area contributed by atoms with Crippen LogP contribution in [0.1, 0.15) is 21.6 Å². The number of amides is 1. The second kappa shape index (κ2) is 12.9. The molecule has 3 aromatic rings. The smallest absolute Gasteiger partial charge is 0.254 e. The van der Waals surface area contributed by atoms with Gasteiger partial charge >= 0.3 is 0 Å². The van der Waals surface area contributed by atoms with Gasteiger partial charge in [-0.05, 0) is 42.0 Å². The predicted molar refractivity (Wildman–Crippen MR) is 137 cm³/mol. The van der Waals surface area contributed by atoms with Crippen LogP contribution in [-0.4, -0.2) is 74.4 Å². The van der Waals surface area contributed by atoms with E-state index in [0.29, 0.717) is 36.8 Å². The van der Waals surface area contributed by atoms with Crippen LogP contribution in [0.15, 0.2) is 66.9 Å². The first-order valence-corrected chi connectivity index (χ1v) is 12.1. The van der Waals surface area contributed by atoms with E-state index < -0.39 is 0 Å². The number of aromatic nitrogens is 1. The van der Waals surface area contributed by atoms with Crippen molar-refractivity contribution in [1.29, 1.82) is 0 Å². The number of methoxy groups -OCH3 is 2. The fraction of sp³-hybridized carbons (Fsp3) is 0.357. The molecule has 1 saturated heterocycles. The maximum absolute atomic E-state index is 13.7. The third-order valence-electron chi connectivity index (χ3n) is 6.02. The number of ether oxygens (including phenoxy) is 4. The molecule has 0 bridgehead atoms. The number of carbonyl (C=O) groups excluding carboxylic acids is 1. The Bertz CT molecular complexity index is 1100. The van der Waals surface area contributed by atoms with Gasteiger partial charge in [0.15, 0.2) is 0 Å². The summed E-state index contributed by atoms with van der Waals surface area (Å²) in [5.74, 6) is 1.77. The summed E-state index contributed by atoms with van der Waals surface area (Å²) in [4.78, 5) is 22.2. The molecular formula is C28H33N3O5. The first-order valence-electron chi connectivity index (χ1n) is 12.1. The van der Waals surface area contributed by atoms with Gasteiger partial charge in [0.25, 0.3) is 5.91 Å². The maximum Gasteiger partial charge on any atom is 0.254 e. The number of benzene rings is 2. The minimum absolute atomic E-state index is 0.142. The van der Waals surface area contributed by atoms with Crippen LogP contribution in [0.25, 0.3) is 0 Å². The molecule has 0 atom stereocenters. The largest absolute Gasteiger partial charge is 0.497 e. The Labute approximate surface area is 212 Å². The second-order valence-electron chi connectivity index (χ2n) is 8.53. The van der Waals surface area contributed by atoms with Crippen molar-refractivity contribution in [3.05, 3.63) is 83.7 Å². The predicted octanol–water partition coefficient (Wildman–Crippen LogP) is 3.65. The number of nitrogens with zero attached hydrogens (tertiary/aromatic N) is 3. The molecule has 0 spiro atoms. The summed E-state index contributed by atoms with van der Waals surface area (Å²) >= 11 is 0. The van der Waals surface area contributed by atoms with Crippen LogP contribution in [0.4, 0.5) is 0 Å². The maximum atomic E-state index is 13.7. The van der Waals surface area contributed by atoms with Gasteiger partial charge in [-0.3, -0.25) is 14.7 Å². The Morgan fingerprint density at radius 3 is 2.42 bits per heavy atom. The summed E-state index contributed by atoms with van der Waals surface area (Å²) in [5, 5.41) is 0. The number of rotatable bonds is 11. The molecule has 2 aromatic carbocycles.